The van der Waals surface area contributed by atoms with Crippen LogP contribution in [0.5, 0.6) is 0 Å². The average molecular weight is 257 g/mol. The topological polar surface area (TPSA) is 65.4 Å². The third-order valence-corrected chi connectivity index (χ3v) is 3.58. The molecule has 0 spiro atoms. The first kappa shape index (κ1) is 12.2. The first-order chi connectivity index (χ1) is 9.28. The standard InChI is InChI=1S/C14H15N3O2/c15-6-13-9-17(3-4-19-13)14(18)10-1-2-11-7-16-8-12(11)5-10/h1-2,5,13,16H,3-4,7-9H2. The van der Waals surface area contributed by atoms with Gasteiger partial charge in [-0.05, 0) is 23.3 Å². The van der Waals surface area contributed by atoms with E-state index in [1.165, 1.54) is 11.1 Å². The van der Waals surface area contributed by atoms with Crippen molar-refractivity contribution in [1.29, 1.82) is 5.26 Å². The van der Waals surface area contributed by atoms with Crippen LogP contribution >= 0.6 is 0 Å². The predicted octanol–water partition coefficient (Wildman–Crippen LogP) is 0.654. The Labute approximate surface area is 111 Å². The van der Waals surface area contributed by atoms with Gasteiger partial charge in [0.05, 0.1) is 19.2 Å². The number of hydrogen-bond donors (Lipinski definition) is 1. The molecule has 0 aromatic heterocycles. The summed E-state index contributed by atoms with van der Waals surface area (Å²) in [5.74, 6) is -0.0155. The summed E-state index contributed by atoms with van der Waals surface area (Å²) in [4.78, 5) is 14.1. The van der Waals surface area contributed by atoms with E-state index in [-0.39, 0.29) is 5.91 Å². The molecule has 19 heavy (non-hydrogen) atoms. The molecule has 2 heterocycles. The number of amides is 1. The molecule has 1 amide bonds. The third kappa shape index (κ3) is 2.33. The number of ether oxygens (including phenoxy) is 1. The van der Waals surface area contributed by atoms with Crippen LogP contribution in [0.25, 0.3) is 0 Å². The molecule has 1 aromatic carbocycles. The van der Waals surface area contributed by atoms with Gasteiger partial charge in [0.25, 0.3) is 5.91 Å². The van der Waals surface area contributed by atoms with Crippen molar-refractivity contribution >= 4 is 5.91 Å². The maximum absolute atomic E-state index is 12.4. The molecule has 0 bridgehead atoms. The van der Waals surface area contributed by atoms with Gasteiger partial charge in [-0.1, -0.05) is 6.07 Å². The molecule has 1 atom stereocenters. The van der Waals surface area contributed by atoms with Crippen LogP contribution in [0.4, 0.5) is 0 Å². The SMILES string of the molecule is N#CC1CN(C(=O)c2ccc3c(c2)CNC3)CCO1. The molecular weight excluding hydrogens is 242 g/mol. The van der Waals surface area contributed by atoms with Crippen molar-refractivity contribution in [3.63, 3.8) is 0 Å². The van der Waals surface area contributed by atoms with E-state index in [4.69, 9.17) is 10.00 Å². The highest BCUT2D eigenvalue weighted by atomic mass is 16.5. The van der Waals surface area contributed by atoms with E-state index >= 15 is 0 Å². The summed E-state index contributed by atoms with van der Waals surface area (Å²) in [6.07, 6.45) is -0.506. The van der Waals surface area contributed by atoms with Crippen molar-refractivity contribution in [2.24, 2.45) is 0 Å². The zero-order chi connectivity index (χ0) is 13.2. The first-order valence-electron chi connectivity index (χ1n) is 6.41. The number of benzene rings is 1. The van der Waals surface area contributed by atoms with Gasteiger partial charge in [0.1, 0.15) is 0 Å². The average Bonchev–Trinajstić information content (AvgIpc) is 2.94. The van der Waals surface area contributed by atoms with Gasteiger partial charge in [-0.15, -0.1) is 0 Å². The highest BCUT2D eigenvalue weighted by Gasteiger charge is 2.25. The molecule has 1 fully saturated rings. The van der Waals surface area contributed by atoms with Crippen molar-refractivity contribution in [2.75, 3.05) is 19.7 Å². The Kier molecular flexibility index (Phi) is 3.20. The molecule has 98 valence electrons. The number of hydrogen-bond acceptors (Lipinski definition) is 4. The lowest BCUT2D eigenvalue weighted by Crippen LogP contribution is -2.45. The van der Waals surface area contributed by atoms with Gasteiger partial charge in [-0.25, -0.2) is 0 Å². The number of nitrogens with one attached hydrogen (secondary N) is 1. The van der Waals surface area contributed by atoms with Gasteiger partial charge in [0.2, 0.25) is 0 Å². The third-order valence-electron chi connectivity index (χ3n) is 3.58. The molecule has 1 saturated heterocycles. The number of nitriles is 1. The summed E-state index contributed by atoms with van der Waals surface area (Å²) < 4.78 is 5.25. The van der Waals surface area contributed by atoms with Crippen LogP contribution in [0.3, 0.4) is 0 Å². The molecule has 1 N–H and O–H groups in total. The van der Waals surface area contributed by atoms with E-state index < -0.39 is 6.10 Å². The molecule has 2 aliphatic heterocycles. The smallest absolute Gasteiger partial charge is 0.254 e. The van der Waals surface area contributed by atoms with Crippen molar-refractivity contribution in [1.82, 2.24) is 10.2 Å². The fourth-order valence-electron chi connectivity index (χ4n) is 2.52. The number of carbonyl (C=O) groups is 1. The molecule has 0 saturated carbocycles. The van der Waals surface area contributed by atoms with Crippen LogP contribution < -0.4 is 5.32 Å². The van der Waals surface area contributed by atoms with Crippen LogP contribution in [0.1, 0.15) is 21.5 Å². The Morgan fingerprint density at radius 2 is 2.26 bits per heavy atom. The zero-order valence-corrected chi connectivity index (χ0v) is 10.6. The van der Waals surface area contributed by atoms with Crippen LogP contribution in [0, 0.1) is 11.3 Å². The largest absolute Gasteiger partial charge is 0.360 e. The summed E-state index contributed by atoms with van der Waals surface area (Å²) in [5.41, 5.74) is 3.14. The minimum absolute atomic E-state index is 0.0155. The summed E-state index contributed by atoms with van der Waals surface area (Å²) >= 11 is 0. The van der Waals surface area contributed by atoms with Crippen LogP contribution in [0.2, 0.25) is 0 Å². The monoisotopic (exact) mass is 257 g/mol. The van der Waals surface area contributed by atoms with Crippen molar-refractivity contribution < 1.29 is 9.53 Å². The second-order valence-electron chi connectivity index (χ2n) is 4.83. The summed E-state index contributed by atoms with van der Waals surface area (Å²) in [5, 5.41) is 12.1. The second kappa shape index (κ2) is 5.00. The molecule has 3 rings (SSSR count). The van der Waals surface area contributed by atoms with E-state index in [2.05, 4.69) is 11.4 Å². The van der Waals surface area contributed by atoms with Gasteiger partial charge in [-0.2, -0.15) is 5.26 Å². The summed E-state index contributed by atoms with van der Waals surface area (Å²) in [6, 6.07) is 7.88. The van der Waals surface area contributed by atoms with E-state index in [0.29, 0.717) is 25.3 Å². The normalized spacial score (nSPS) is 21.8. The highest BCUT2D eigenvalue weighted by molar-refractivity contribution is 5.94. The number of carbonyl (C=O) groups excluding carboxylic acids is 1. The van der Waals surface area contributed by atoms with Crippen LogP contribution in [-0.4, -0.2) is 36.6 Å². The first-order valence-corrected chi connectivity index (χ1v) is 6.41. The fraction of sp³-hybridized carbons (Fsp3) is 0.429. The molecule has 5 nitrogen and oxygen atoms in total. The molecule has 0 aliphatic carbocycles. The predicted molar refractivity (Wildman–Crippen MR) is 68.2 cm³/mol. The lowest BCUT2D eigenvalue weighted by atomic mass is 10.1. The quantitative estimate of drug-likeness (QED) is 0.802. The fourth-order valence-corrected chi connectivity index (χ4v) is 2.52. The van der Waals surface area contributed by atoms with Crippen LogP contribution in [-0.2, 0) is 17.8 Å². The van der Waals surface area contributed by atoms with E-state index in [1.807, 2.05) is 18.2 Å². The molecular formula is C14H15N3O2. The number of fused-ring (bicyclic) bond motifs is 1. The summed E-state index contributed by atoms with van der Waals surface area (Å²) in [7, 11) is 0. The molecule has 0 radical (unpaired) electrons. The molecule has 2 aliphatic rings. The molecule has 1 unspecified atom stereocenters. The maximum Gasteiger partial charge on any atom is 0.254 e. The minimum atomic E-state index is -0.506. The van der Waals surface area contributed by atoms with Crippen molar-refractivity contribution in [2.45, 2.75) is 19.2 Å². The zero-order valence-electron chi connectivity index (χ0n) is 10.6. The number of nitrogens with zero attached hydrogens (tertiary/aromatic N) is 2. The number of rotatable bonds is 1. The van der Waals surface area contributed by atoms with Gasteiger partial charge in [-0.3, -0.25) is 4.79 Å². The summed E-state index contributed by atoms with van der Waals surface area (Å²) in [6.45, 7) is 3.02. The highest BCUT2D eigenvalue weighted by Crippen LogP contribution is 2.19. The molecule has 5 heteroatoms. The van der Waals surface area contributed by atoms with Gasteiger partial charge >= 0.3 is 0 Å². The van der Waals surface area contributed by atoms with Gasteiger partial charge in [0, 0.05) is 25.2 Å². The number of morpholine rings is 1. The molecule has 1 aromatic rings. The lowest BCUT2D eigenvalue weighted by molar-refractivity contribution is 0.00346. The van der Waals surface area contributed by atoms with Crippen molar-refractivity contribution in [3.8, 4) is 6.07 Å². The Balaban J connectivity index is 1.78. The Bertz CT molecular complexity index is 550. The van der Waals surface area contributed by atoms with E-state index in [0.717, 1.165) is 13.1 Å². The van der Waals surface area contributed by atoms with Crippen LogP contribution in [0.15, 0.2) is 18.2 Å². The van der Waals surface area contributed by atoms with Gasteiger partial charge < -0.3 is 15.0 Å². The minimum Gasteiger partial charge on any atom is -0.360 e. The van der Waals surface area contributed by atoms with Gasteiger partial charge in [0.15, 0.2) is 6.10 Å². The second-order valence-corrected chi connectivity index (χ2v) is 4.83. The van der Waals surface area contributed by atoms with E-state index in [1.54, 1.807) is 4.90 Å². The Morgan fingerprint density at radius 1 is 1.42 bits per heavy atom. The van der Waals surface area contributed by atoms with E-state index in [9.17, 15) is 4.79 Å². The Hall–Kier alpha value is -1.90. The maximum atomic E-state index is 12.4. The lowest BCUT2D eigenvalue weighted by Gasteiger charge is -2.29. The van der Waals surface area contributed by atoms with Crippen molar-refractivity contribution in [3.05, 3.63) is 34.9 Å². The Morgan fingerprint density at radius 3 is 3.11 bits per heavy atom.